The van der Waals surface area contributed by atoms with Gasteiger partial charge in [0.1, 0.15) is 11.0 Å². The molecular formula is C13H10ClF6N3O2. The van der Waals surface area contributed by atoms with Crippen molar-refractivity contribution in [2.45, 2.75) is 25.3 Å². The predicted molar refractivity (Wildman–Crippen MR) is 74.9 cm³/mol. The molecule has 0 atom stereocenters. The Hall–Kier alpha value is -2.17. The molecule has 1 amide bonds. The number of nitrogens with zero attached hydrogens (tertiary/aromatic N) is 3. The maximum Gasteiger partial charge on any atom is 0.471 e. The van der Waals surface area contributed by atoms with Gasteiger partial charge in [0.2, 0.25) is 5.78 Å². The number of hydrogen-bond donors (Lipinski definition) is 0. The Kier molecular flexibility index (Phi) is 6.52. The highest BCUT2D eigenvalue weighted by molar-refractivity contribution is 6.29. The van der Waals surface area contributed by atoms with E-state index in [1.54, 1.807) is 0 Å². The number of rotatable bonds is 4. The fourth-order valence-electron chi connectivity index (χ4n) is 1.65. The van der Waals surface area contributed by atoms with Crippen LogP contribution in [0.3, 0.4) is 0 Å². The van der Waals surface area contributed by atoms with E-state index in [-0.39, 0.29) is 15.6 Å². The minimum absolute atomic E-state index is 0.0223. The first-order chi connectivity index (χ1) is 11.4. The molecule has 12 heteroatoms. The van der Waals surface area contributed by atoms with E-state index in [9.17, 15) is 35.9 Å². The van der Waals surface area contributed by atoms with Gasteiger partial charge in [-0.1, -0.05) is 17.7 Å². The monoisotopic (exact) mass is 389 g/mol. The Morgan fingerprint density at radius 1 is 1.16 bits per heavy atom. The number of amides is 1. The van der Waals surface area contributed by atoms with E-state index < -0.39 is 42.8 Å². The molecule has 0 aliphatic rings. The van der Waals surface area contributed by atoms with Crippen LogP contribution in [-0.4, -0.2) is 46.8 Å². The summed E-state index contributed by atoms with van der Waals surface area (Å²) in [6, 6.07) is 2.45. The molecule has 0 aliphatic carbocycles. The van der Waals surface area contributed by atoms with E-state index in [2.05, 4.69) is 9.98 Å². The number of aromatic nitrogens is 1. The average Bonchev–Trinajstić information content (AvgIpc) is 2.49. The van der Waals surface area contributed by atoms with Crippen LogP contribution in [0.2, 0.25) is 5.15 Å². The summed E-state index contributed by atoms with van der Waals surface area (Å²) >= 11 is 5.53. The molecule has 25 heavy (non-hydrogen) atoms. The summed E-state index contributed by atoms with van der Waals surface area (Å²) in [7, 11) is 0.871. The lowest BCUT2D eigenvalue weighted by Gasteiger charge is -2.25. The van der Waals surface area contributed by atoms with Crippen LogP contribution in [0.25, 0.3) is 0 Å². The normalized spacial score (nSPS) is 12.9. The lowest BCUT2D eigenvalue weighted by atomic mass is 10.2. The molecule has 0 fully saturated rings. The van der Waals surface area contributed by atoms with Crippen LogP contribution in [0.15, 0.2) is 23.3 Å². The third-order valence-corrected chi connectivity index (χ3v) is 3.05. The maximum absolute atomic E-state index is 12.7. The Labute approximate surface area is 142 Å². The van der Waals surface area contributed by atoms with Gasteiger partial charge in [0.15, 0.2) is 0 Å². The van der Waals surface area contributed by atoms with Gasteiger partial charge in [0, 0.05) is 13.2 Å². The highest BCUT2D eigenvalue weighted by Gasteiger charge is 2.46. The standard InChI is InChI=1S/C13H10ClF6N3O2/c1-21-10(4-8(24)12(15,16)17)23(11(25)13(18,19)20)6-7-2-3-9(14)22-5-7/h2-3,5H,4,6H2,1H3. The number of ketones is 1. The molecule has 0 bridgehead atoms. The molecule has 1 aromatic rings. The number of alkyl halides is 6. The Balaban J connectivity index is 3.18. The van der Waals surface area contributed by atoms with Crippen LogP contribution in [0.4, 0.5) is 26.3 Å². The topological polar surface area (TPSA) is 62.6 Å². The number of halogens is 7. The van der Waals surface area contributed by atoms with Gasteiger partial charge >= 0.3 is 18.3 Å². The molecule has 0 saturated carbocycles. The van der Waals surface area contributed by atoms with E-state index in [1.165, 1.54) is 12.1 Å². The number of Topliss-reactive ketones (excluding diaryl/α,β-unsaturated/α-hetero) is 1. The summed E-state index contributed by atoms with van der Waals surface area (Å²) in [6.07, 6.45) is -11.1. The van der Waals surface area contributed by atoms with E-state index in [0.29, 0.717) is 0 Å². The number of amidine groups is 1. The van der Waals surface area contributed by atoms with Crippen LogP contribution in [-0.2, 0) is 16.1 Å². The quantitative estimate of drug-likeness (QED) is 0.344. The molecule has 0 unspecified atom stereocenters. The van der Waals surface area contributed by atoms with Gasteiger partial charge in [0.25, 0.3) is 0 Å². The number of pyridine rings is 1. The van der Waals surface area contributed by atoms with Gasteiger partial charge in [-0.25, -0.2) is 4.98 Å². The molecule has 0 aliphatic heterocycles. The van der Waals surface area contributed by atoms with Gasteiger partial charge < -0.3 is 0 Å². The van der Waals surface area contributed by atoms with Crippen LogP contribution in [0.5, 0.6) is 0 Å². The highest BCUT2D eigenvalue weighted by atomic mass is 35.5. The van der Waals surface area contributed by atoms with Gasteiger partial charge in [-0.3, -0.25) is 19.5 Å². The fraction of sp³-hybridized carbons (Fsp3) is 0.385. The Morgan fingerprint density at radius 2 is 1.76 bits per heavy atom. The fourth-order valence-corrected chi connectivity index (χ4v) is 1.77. The molecule has 138 valence electrons. The number of carbonyl (C=O) groups excluding carboxylic acids is 2. The first-order valence-electron chi connectivity index (χ1n) is 6.41. The molecule has 1 rings (SSSR count). The smallest absolute Gasteiger partial charge is 0.289 e. The average molecular weight is 390 g/mol. The summed E-state index contributed by atoms with van der Waals surface area (Å²) in [5, 5.41) is 0.0223. The first-order valence-corrected chi connectivity index (χ1v) is 6.79. The molecule has 1 heterocycles. The maximum atomic E-state index is 12.7. The predicted octanol–water partition coefficient (Wildman–Crippen LogP) is 3.18. The highest BCUT2D eigenvalue weighted by Crippen LogP contribution is 2.24. The zero-order chi connectivity index (χ0) is 19.4. The van der Waals surface area contributed by atoms with Crippen molar-refractivity contribution in [1.82, 2.24) is 9.88 Å². The van der Waals surface area contributed by atoms with E-state index in [4.69, 9.17) is 11.6 Å². The number of aliphatic imine (C=N–C) groups is 1. The summed E-state index contributed by atoms with van der Waals surface area (Å²) in [5.41, 5.74) is 0.0441. The zero-order valence-corrected chi connectivity index (χ0v) is 13.2. The van der Waals surface area contributed by atoms with E-state index in [1.807, 2.05) is 0 Å². The third kappa shape index (κ3) is 6.00. The molecule has 5 nitrogen and oxygen atoms in total. The van der Waals surface area contributed by atoms with Crippen LogP contribution >= 0.6 is 11.6 Å². The second kappa shape index (κ2) is 7.81. The van der Waals surface area contributed by atoms with Gasteiger partial charge in [-0.15, -0.1) is 0 Å². The number of hydrogen-bond acceptors (Lipinski definition) is 4. The van der Waals surface area contributed by atoms with Crippen LogP contribution < -0.4 is 0 Å². The molecule has 0 saturated heterocycles. The lowest BCUT2D eigenvalue weighted by molar-refractivity contribution is -0.182. The van der Waals surface area contributed by atoms with Crippen molar-refractivity contribution in [2.24, 2.45) is 4.99 Å². The molecule has 0 radical (unpaired) electrons. The van der Waals surface area contributed by atoms with Gasteiger partial charge in [-0.2, -0.15) is 26.3 Å². The SMILES string of the molecule is CN=C(CC(=O)C(F)(F)F)N(Cc1ccc(Cl)nc1)C(=O)C(F)(F)F. The number of carbonyl (C=O) groups is 2. The third-order valence-electron chi connectivity index (χ3n) is 2.82. The molecule has 0 N–H and O–H groups in total. The molecular weight excluding hydrogens is 380 g/mol. The Bertz CT molecular complexity index is 670. The van der Waals surface area contributed by atoms with Crippen molar-refractivity contribution in [3.8, 4) is 0 Å². The molecule has 0 aromatic carbocycles. The summed E-state index contributed by atoms with van der Waals surface area (Å²) in [4.78, 5) is 29.4. The second-order valence-corrected chi connectivity index (χ2v) is 5.00. The van der Waals surface area contributed by atoms with Crippen molar-refractivity contribution < 1.29 is 35.9 Å². The summed E-state index contributed by atoms with van der Waals surface area (Å²) in [5.74, 6) is -5.76. The lowest BCUT2D eigenvalue weighted by Crippen LogP contribution is -2.46. The largest absolute Gasteiger partial charge is 0.471 e. The van der Waals surface area contributed by atoms with Gasteiger partial charge in [0.05, 0.1) is 13.0 Å². The van der Waals surface area contributed by atoms with Crippen molar-refractivity contribution >= 4 is 29.1 Å². The minimum Gasteiger partial charge on any atom is -0.289 e. The van der Waals surface area contributed by atoms with Crippen LogP contribution in [0.1, 0.15) is 12.0 Å². The van der Waals surface area contributed by atoms with Gasteiger partial charge in [-0.05, 0) is 11.6 Å². The second-order valence-electron chi connectivity index (χ2n) is 4.62. The summed E-state index contributed by atoms with van der Waals surface area (Å²) < 4.78 is 75.3. The molecule has 1 aromatic heterocycles. The van der Waals surface area contributed by atoms with Crippen molar-refractivity contribution in [2.75, 3.05) is 7.05 Å². The minimum atomic E-state index is -5.38. The Morgan fingerprint density at radius 3 is 2.16 bits per heavy atom. The zero-order valence-electron chi connectivity index (χ0n) is 12.5. The van der Waals surface area contributed by atoms with Crippen molar-refractivity contribution in [3.63, 3.8) is 0 Å². The van der Waals surface area contributed by atoms with E-state index >= 15 is 0 Å². The van der Waals surface area contributed by atoms with Crippen LogP contribution in [0, 0.1) is 0 Å². The van der Waals surface area contributed by atoms with Crippen molar-refractivity contribution in [3.05, 3.63) is 29.0 Å². The summed E-state index contributed by atoms with van der Waals surface area (Å²) in [6.45, 7) is -0.791. The van der Waals surface area contributed by atoms with Crippen molar-refractivity contribution in [1.29, 1.82) is 0 Å². The molecule has 0 spiro atoms. The first kappa shape index (κ1) is 20.9. The van der Waals surface area contributed by atoms with E-state index in [0.717, 1.165) is 13.2 Å².